The van der Waals surface area contributed by atoms with Crippen LogP contribution in [0.2, 0.25) is 0 Å². The second-order valence-corrected chi connectivity index (χ2v) is 2.68. The first-order chi connectivity index (χ1) is 2.00. The zero-order valence-corrected chi connectivity index (χ0v) is 7.49. The van der Waals surface area contributed by atoms with Crippen LogP contribution in [0.3, 0.4) is 0 Å². The van der Waals surface area contributed by atoms with E-state index in [0.29, 0.717) is 0 Å². The van der Waals surface area contributed by atoms with E-state index in [1.54, 1.807) is 0 Å². The van der Waals surface area contributed by atoms with Crippen molar-refractivity contribution in [3.8, 4) is 0 Å². The van der Waals surface area contributed by atoms with Crippen LogP contribution in [0.5, 0.6) is 0 Å². The Bertz CT molecular complexity index is 27.2. The summed E-state index contributed by atoms with van der Waals surface area (Å²) in [5, 5.41) is 0. The van der Waals surface area contributed by atoms with Gasteiger partial charge in [-0.05, 0) is 0 Å². The molecular formula is C4H13GeNO+4. The molecule has 0 saturated carbocycles. The van der Waals surface area contributed by atoms with Crippen molar-refractivity contribution >= 4 is 17.6 Å². The van der Waals surface area contributed by atoms with Crippen LogP contribution in [0.1, 0.15) is 0 Å². The summed E-state index contributed by atoms with van der Waals surface area (Å²) in [7, 11) is 8.50. The van der Waals surface area contributed by atoms with Crippen molar-refractivity contribution < 1.29 is 9.96 Å². The standard InChI is InChI=1S/C4H12N.Ge.H2O/c1-5(2,3)4;;/h1-4H3;;1H2/q+1;+4;/p-1. The van der Waals surface area contributed by atoms with E-state index >= 15 is 0 Å². The van der Waals surface area contributed by atoms with Crippen molar-refractivity contribution in [1.29, 1.82) is 0 Å². The maximum atomic E-state index is 2.12. The number of hydrogen-bond donors (Lipinski definition) is 0. The average Bonchev–Trinajstić information content (AvgIpc) is 0.722. The topological polar surface area (TPSA) is 30.0 Å². The van der Waals surface area contributed by atoms with E-state index in [2.05, 4.69) is 28.2 Å². The Kier molecular flexibility index (Phi) is 10.3. The fraction of sp³-hybridized carbons (Fsp3) is 1.00. The van der Waals surface area contributed by atoms with Crippen LogP contribution in [0.4, 0.5) is 0 Å². The molecule has 0 saturated heterocycles. The van der Waals surface area contributed by atoms with Gasteiger partial charge in [-0.2, -0.15) is 0 Å². The maximum absolute atomic E-state index is 2.12. The SMILES string of the molecule is C[N+](C)(C)C.[Ge+4].[OH-]. The van der Waals surface area contributed by atoms with E-state index in [1.807, 2.05) is 0 Å². The van der Waals surface area contributed by atoms with E-state index < -0.39 is 0 Å². The minimum atomic E-state index is 0. The Morgan fingerprint density at radius 1 is 0.857 bits per heavy atom. The van der Waals surface area contributed by atoms with Crippen LogP contribution in [0.15, 0.2) is 0 Å². The van der Waals surface area contributed by atoms with Gasteiger partial charge in [0.1, 0.15) is 0 Å². The van der Waals surface area contributed by atoms with Gasteiger partial charge in [-0.3, -0.25) is 0 Å². The molecule has 0 radical (unpaired) electrons. The minimum Gasteiger partial charge on any atom is -0.870 e. The summed E-state index contributed by atoms with van der Waals surface area (Å²) in [6.07, 6.45) is 0. The maximum Gasteiger partial charge on any atom is 4.00 e. The summed E-state index contributed by atoms with van der Waals surface area (Å²) >= 11 is 0. The van der Waals surface area contributed by atoms with Crippen molar-refractivity contribution in [3.05, 3.63) is 0 Å². The van der Waals surface area contributed by atoms with Crippen molar-refractivity contribution in [2.75, 3.05) is 28.2 Å². The van der Waals surface area contributed by atoms with E-state index in [0.717, 1.165) is 4.48 Å². The van der Waals surface area contributed by atoms with Crippen molar-refractivity contribution in [2.45, 2.75) is 0 Å². The predicted octanol–water partition coefficient (Wildman–Crippen LogP) is -0.235. The molecule has 0 rings (SSSR count). The van der Waals surface area contributed by atoms with E-state index in [4.69, 9.17) is 0 Å². The fourth-order valence-electron chi connectivity index (χ4n) is 0. The van der Waals surface area contributed by atoms with Gasteiger partial charge in [-0.1, -0.05) is 0 Å². The molecule has 0 unspecified atom stereocenters. The van der Waals surface area contributed by atoms with Gasteiger partial charge in [0.05, 0.1) is 28.2 Å². The third-order valence-electron chi connectivity index (χ3n) is 0. The normalized spacial score (nSPS) is 8.57. The number of rotatable bonds is 0. The van der Waals surface area contributed by atoms with Gasteiger partial charge in [0.2, 0.25) is 0 Å². The molecule has 0 aliphatic carbocycles. The minimum absolute atomic E-state index is 0. The molecule has 0 atom stereocenters. The van der Waals surface area contributed by atoms with Crippen molar-refractivity contribution in [2.24, 2.45) is 0 Å². The van der Waals surface area contributed by atoms with Crippen LogP contribution in [-0.4, -0.2) is 55.7 Å². The van der Waals surface area contributed by atoms with Crippen LogP contribution >= 0.6 is 0 Å². The fourth-order valence-corrected chi connectivity index (χ4v) is 0. The molecule has 0 aromatic heterocycles. The van der Waals surface area contributed by atoms with E-state index in [-0.39, 0.29) is 23.1 Å². The smallest absolute Gasteiger partial charge is 0.870 e. The third-order valence-corrected chi connectivity index (χ3v) is 0. The van der Waals surface area contributed by atoms with Crippen LogP contribution in [-0.2, 0) is 0 Å². The van der Waals surface area contributed by atoms with Gasteiger partial charge in [-0.25, -0.2) is 0 Å². The third kappa shape index (κ3) is 601. The molecule has 0 spiro atoms. The first-order valence-corrected chi connectivity index (χ1v) is 1.79. The van der Waals surface area contributed by atoms with Crippen LogP contribution in [0.25, 0.3) is 0 Å². The van der Waals surface area contributed by atoms with E-state index in [1.165, 1.54) is 0 Å². The largest absolute Gasteiger partial charge is 4.00 e. The van der Waals surface area contributed by atoms with Gasteiger partial charge in [0.25, 0.3) is 0 Å². The summed E-state index contributed by atoms with van der Waals surface area (Å²) in [6.45, 7) is 0. The van der Waals surface area contributed by atoms with Crippen LogP contribution in [0, 0.1) is 0 Å². The zero-order valence-electron chi connectivity index (χ0n) is 5.39. The van der Waals surface area contributed by atoms with Gasteiger partial charge in [0.15, 0.2) is 0 Å². The van der Waals surface area contributed by atoms with Crippen LogP contribution < -0.4 is 0 Å². The number of nitrogens with zero attached hydrogens (tertiary/aromatic N) is 1. The monoisotopic (exact) mass is 165 g/mol. The average molecular weight is 164 g/mol. The molecule has 3 heteroatoms. The Balaban J connectivity index is -0.0000000800. The Labute approximate surface area is 56.4 Å². The number of quaternary nitrogens is 1. The summed E-state index contributed by atoms with van der Waals surface area (Å²) in [6, 6.07) is 0. The molecule has 0 aromatic carbocycles. The molecular weight excluding hydrogens is 151 g/mol. The summed E-state index contributed by atoms with van der Waals surface area (Å²) < 4.78 is 1.00. The molecule has 40 valence electrons. The van der Waals surface area contributed by atoms with Gasteiger partial charge < -0.3 is 9.96 Å². The zero-order chi connectivity index (χ0) is 4.50. The summed E-state index contributed by atoms with van der Waals surface area (Å²) in [4.78, 5) is 0. The van der Waals surface area contributed by atoms with Gasteiger partial charge in [0, 0.05) is 0 Å². The van der Waals surface area contributed by atoms with Crippen molar-refractivity contribution in [3.63, 3.8) is 0 Å². The molecule has 0 aliphatic heterocycles. The molecule has 7 heavy (non-hydrogen) atoms. The molecule has 0 aromatic rings. The van der Waals surface area contributed by atoms with Gasteiger partial charge >= 0.3 is 17.6 Å². The molecule has 1 N–H and O–H groups in total. The quantitative estimate of drug-likeness (QED) is 0.359. The second-order valence-electron chi connectivity index (χ2n) is 2.68. The predicted molar refractivity (Wildman–Crippen MR) is 31.6 cm³/mol. The molecule has 2 nitrogen and oxygen atoms in total. The van der Waals surface area contributed by atoms with Crippen molar-refractivity contribution in [1.82, 2.24) is 0 Å². The summed E-state index contributed by atoms with van der Waals surface area (Å²) in [5.41, 5.74) is 0. The first kappa shape index (κ1) is 15.7. The number of hydrogen-bond acceptors (Lipinski definition) is 1. The molecule has 0 aliphatic rings. The molecule has 0 heterocycles. The Morgan fingerprint density at radius 3 is 0.857 bits per heavy atom. The Hall–Kier alpha value is 0.463. The molecule has 0 bridgehead atoms. The van der Waals surface area contributed by atoms with Gasteiger partial charge in [-0.15, -0.1) is 0 Å². The Morgan fingerprint density at radius 2 is 0.857 bits per heavy atom. The molecule has 0 fully saturated rings. The summed E-state index contributed by atoms with van der Waals surface area (Å²) in [5.74, 6) is 0. The molecule has 0 amide bonds. The first-order valence-electron chi connectivity index (χ1n) is 1.79. The van der Waals surface area contributed by atoms with E-state index in [9.17, 15) is 0 Å². The second kappa shape index (κ2) is 4.62.